The number of H-pyrrole nitrogens is 1. The van der Waals surface area contributed by atoms with E-state index in [2.05, 4.69) is 20.4 Å². The monoisotopic (exact) mass is 368 g/mol. The number of amides is 1. The van der Waals surface area contributed by atoms with Crippen LogP contribution in [0.1, 0.15) is 42.6 Å². The number of hydrogen-bond acceptors (Lipinski definition) is 4. The highest BCUT2D eigenvalue weighted by Crippen LogP contribution is 2.30. The van der Waals surface area contributed by atoms with Crippen molar-refractivity contribution in [3.63, 3.8) is 0 Å². The first-order valence-corrected chi connectivity index (χ1v) is 9.96. The molecule has 0 radical (unpaired) electrons. The summed E-state index contributed by atoms with van der Waals surface area (Å²) in [6, 6.07) is 10.1. The van der Waals surface area contributed by atoms with Gasteiger partial charge in [-0.05, 0) is 62.9 Å². The molecular formula is C21H28N4O2. The van der Waals surface area contributed by atoms with Crippen molar-refractivity contribution in [2.75, 3.05) is 26.7 Å². The van der Waals surface area contributed by atoms with E-state index in [1.165, 1.54) is 45.2 Å². The first-order valence-electron chi connectivity index (χ1n) is 9.96. The standard InChI is InChI=1S/C21H28N4O2/c1-27-17-8-4-6-15(12-17)18-13-19(24-23-18)21(26)22-14-16-7-5-11-25-10-3-2-9-20(16)25/h4,6,8,12-13,16,20H,2-3,5,7,9-11,14H2,1H3,(H,22,26)(H,23,24)/t16?,20-/m0/s1. The van der Waals surface area contributed by atoms with Crippen LogP contribution in [0.2, 0.25) is 0 Å². The molecule has 0 bridgehead atoms. The highest BCUT2D eigenvalue weighted by atomic mass is 16.5. The second-order valence-corrected chi connectivity index (χ2v) is 7.61. The number of nitrogens with one attached hydrogen (secondary N) is 2. The van der Waals surface area contributed by atoms with Gasteiger partial charge in [-0.2, -0.15) is 5.10 Å². The third-order valence-corrected chi connectivity index (χ3v) is 5.94. The van der Waals surface area contributed by atoms with Crippen molar-refractivity contribution in [3.8, 4) is 17.0 Å². The van der Waals surface area contributed by atoms with Gasteiger partial charge in [-0.25, -0.2) is 0 Å². The maximum Gasteiger partial charge on any atom is 0.269 e. The normalized spacial score (nSPS) is 22.9. The Morgan fingerprint density at radius 2 is 2.15 bits per heavy atom. The van der Waals surface area contributed by atoms with Gasteiger partial charge in [0.25, 0.3) is 5.91 Å². The molecule has 1 aromatic carbocycles. The van der Waals surface area contributed by atoms with Crippen LogP contribution in [0.5, 0.6) is 5.75 Å². The summed E-state index contributed by atoms with van der Waals surface area (Å²) in [4.78, 5) is 15.2. The molecule has 144 valence electrons. The van der Waals surface area contributed by atoms with E-state index in [0.29, 0.717) is 17.7 Å². The minimum atomic E-state index is -0.0791. The topological polar surface area (TPSA) is 70.2 Å². The largest absolute Gasteiger partial charge is 0.497 e. The van der Waals surface area contributed by atoms with Crippen molar-refractivity contribution >= 4 is 5.91 Å². The van der Waals surface area contributed by atoms with Crippen LogP contribution in [0.25, 0.3) is 11.3 Å². The number of ether oxygens (including phenoxy) is 1. The van der Waals surface area contributed by atoms with Crippen LogP contribution < -0.4 is 10.1 Å². The van der Waals surface area contributed by atoms with Crippen molar-refractivity contribution in [1.82, 2.24) is 20.4 Å². The number of piperidine rings is 2. The summed E-state index contributed by atoms with van der Waals surface area (Å²) in [6.07, 6.45) is 6.35. The van der Waals surface area contributed by atoms with Crippen LogP contribution >= 0.6 is 0 Å². The summed E-state index contributed by atoms with van der Waals surface area (Å²) in [5, 5.41) is 10.3. The van der Waals surface area contributed by atoms with Gasteiger partial charge in [-0.15, -0.1) is 0 Å². The van der Waals surface area contributed by atoms with Crippen molar-refractivity contribution in [1.29, 1.82) is 0 Å². The first kappa shape index (κ1) is 18.0. The fraction of sp³-hybridized carbons (Fsp3) is 0.524. The molecular weight excluding hydrogens is 340 g/mol. The lowest BCUT2D eigenvalue weighted by Gasteiger charge is -2.44. The zero-order chi connectivity index (χ0) is 18.6. The minimum Gasteiger partial charge on any atom is -0.497 e. The number of methoxy groups -OCH3 is 1. The molecule has 2 atom stereocenters. The number of rotatable bonds is 5. The number of nitrogens with zero attached hydrogens (tertiary/aromatic N) is 2. The molecule has 0 aliphatic carbocycles. The fourth-order valence-electron chi connectivity index (χ4n) is 4.50. The van der Waals surface area contributed by atoms with E-state index >= 15 is 0 Å². The average Bonchev–Trinajstić information content (AvgIpc) is 3.22. The molecule has 1 aromatic heterocycles. The van der Waals surface area contributed by atoms with Gasteiger partial charge in [0.05, 0.1) is 12.8 Å². The van der Waals surface area contributed by atoms with Gasteiger partial charge in [-0.3, -0.25) is 9.89 Å². The number of fused-ring (bicyclic) bond motifs is 1. The Kier molecular flexibility index (Phi) is 5.43. The minimum absolute atomic E-state index is 0.0791. The lowest BCUT2D eigenvalue weighted by atomic mass is 9.83. The Morgan fingerprint density at radius 1 is 1.26 bits per heavy atom. The molecule has 27 heavy (non-hydrogen) atoms. The number of aromatic amines is 1. The number of aromatic nitrogens is 2. The Balaban J connectivity index is 1.38. The molecule has 1 amide bonds. The zero-order valence-corrected chi connectivity index (χ0v) is 15.9. The van der Waals surface area contributed by atoms with Crippen LogP contribution in [0.15, 0.2) is 30.3 Å². The number of benzene rings is 1. The predicted molar refractivity (Wildman–Crippen MR) is 105 cm³/mol. The van der Waals surface area contributed by atoms with Crippen molar-refractivity contribution in [2.45, 2.75) is 38.1 Å². The third kappa shape index (κ3) is 4.00. The molecule has 2 aromatic rings. The molecule has 6 nitrogen and oxygen atoms in total. The maximum atomic E-state index is 12.6. The Hall–Kier alpha value is -2.34. The molecule has 2 saturated heterocycles. The smallest absolute Gasteiger partial charge is 0.269 e. The van der Waals surface area contributed by atoms with Crippen molar-refractivity contribution in [3.05, 3.63) is 36.0 Å². The van der Waals surface area contributed by atoms with Crippen LogP contribution in [-0.4, -0.2) is 53.8 Å². The van der Waals surface area contributed by atoms with Crippen LogP contribution in [0.4, 0.5) is 0 Å². The summed E-state index contributed by atoms with van der Waals surface area (Å²) in [5.41, 5.74) is 2.18. The molecule has 2 aliphatic heterocycles. The van der Waals surface area contributed by atoms with E-state index in [0.717, 1.165) is 23.6 Å². The average molecular weight is 368 g/mol. The number of hydrogen-bond donors (Lipinski definition) is 2. The molecule has 4 rings (SSSR count). The molecule has 0 saturated carbocycles. The second kappa shape index (κ2) is 8.13. The molecule has 0 spiro atoms. The highest BCUT2D eigenvalue weighted by molar-refractivity contribution is 5.93. The molecule has 6 heteroatoms. The molecule has 2 fully saturated rings. The molecule has 2 aliphatic rings. The summed E-state index contributed by atoms with van der Waals surface area (Å²) < 4.78 is 5.26. The highest BCUT2D eigenvalue weighted by Gasteiger charge is 2.33. The van der Waals surface area contributed by atoms with E-state index in [4.69, 9.17) is 4.74 Å². The van der Waals surface area contributed by atoms with Gasteiger partial charge < -0.3 is 15.0 Å². The van der Waals surface area contributed by atoms with E-state index in [1.807, 2.05) is 24.3 Å². The van der Waals surface area contributed by atoms with Crippen molar-refractivity contribution < 1.29 is 9.53 Å². The quantitative estimate of drug-likeness (QED) is 0.851. The van der Waals surface area contributed by atoms with E-state index in [-0.39, 0.29) is 5.91 Å². The molecule has 1 unspecified atom stereocenters. The Labute approximate surface area is 160 Å². The van der Waals surface area contributed by atoms with Gasteiger partial charge in [0.1, 0.15) is 11.4 Å². The van der Waals surface area contributed by atoms with Gasteiger partial charge >= 0.3 is 0 Å². The third-order valence-electron chi connectivity index (χ3n) is 5.94. The van der Waals surface area contributed by atoms with E-state index in [9.17, 15) is 4.79 Å². The lowest BCUT2D eigenvalue weighted by molar-refractivity contribution is 0.0575. The zero-order valence-electron chi connectivity index (χ0n) is 15.9. The molecule has 2 N–H and O–H groups in total. The van der Waals surface area contributed by atoms with Gasteiger partial charge in [0, 0.05) is 18.2 Å². The number of carbonyl (C=O) groups is 1. The van der Waals surface area contributed by atoms with Crippen LogP contribution in [-0.2, 0) is 0 Å². The predicted octanol–water partition coefficient (Wildman–Crippen LogP) is 3.08. The van der Waals surface area contributed by atoms with Gasteiger partial charge in [0.2, 0.25) is 0 Å². The Bertz CT molecular complexity index is 786. The lowest BCUT2D eigenvalue weighted by Crippen LogP contribution is -2.51. The van der Waals surface area contributed by atoms with E-state index < -0.39 is 0 Å². The van der Waals surface area contributed by atoms with Gasteiger partial charge in [-0.1, -0.05) is 18.6 Å². The first-order chi connectivity index (χ1) is 13.2. The summed E-state index contributed by atoms with van der Waals surface area (Å²) in [7, 11) is 1.64. The fourth-order valence-corrected chi connectivity index (χ4v) is 4.50. The number of carbonyl (C=O) groups excluding carboxylic acids is 1. The summed E-state index contributed by atoms with van der Waals surface area (Å²) in [6.45, 7) is 3.19. The summed E-state index contributed by atoms with van der Waals surface area (Å²) in [5.74, 6) is 1.25. The van der Waals surface area contributed by atoms with Crippen LogP contribution in [0.3, 0.4) is 0 Å². The maximum absolute atomic E-state index is 12.6. The molecule has 3 heterocycles. The Morgan fingerprint density at radius 3 is 3.04 bits per heavy atom. The summed E-state index contributed by atoms with van der Waals surface area (Å²) >= 11 is 0. The van der Waals surface area contributed by atoms with Crippen LogP contribution in [0, 0.1) is 5.92 Å². The van der Waals surface area contributed by atoms with E-state index in [1.54, 1.807) is 13.2 Å². The second-order valence-electron chi connectivity index (χ2n) is 7.61. The van der Waals surface area contributed by atoms with Crippen molar-refractivity contribution in [2.24, 2.45) is 5.92 Å². The van der Waals surface area contributed by atoms with Gasteiger partial charge in [0.15, 0.2) is 0 Å². The SMILES string of the molecule is COc1cccc(-c2cc(C(=O)NCC3CCCN4CCCC[C@@H]34)[nH]n2)c1.